The Bertz CT molecular complexity index is 2340. The van der Waals surface area contributed by atoms with Crippen LogP contribution in [0, 0.1) is 11.3 Å². The summed E-state index contributed by atoms with van der Waals surface area (Å²) >= 11 is 0. The van der Waals surface area contributed by atoms with Crippen LogP contribution in [0.3, 0.4) is 0 Å². The van der Waals surface area contributed by atoms with Crippen molar-refractivity contribution < 1.29 is 27.7 Å². The number of ether oxygens (including phenoxy) is 2. The zero-order chi connectivity index (χ0) is 42.9. The maximum atomic E-state index is 18.0. The zero-order valence-corrected chi connectivity index (χ0v) is 35.7. The summed E-state index contributed by atoms with van der Waals surface area (Å²) in [4.78, 5) is 26.6. The molecule has 3 heterocycles. The molecule has 13 nitrogen and oxygen atoms in total. The highest BCUT2D eigenvalue weighted by Crippen LogP contribution is 2.48. The zero-order valence-electron chi connectivity index (χ0n) is 34.8. The van der Waals surface area contributed by atoms with Gasteiger partial charge in [0.1, 0.15) is 18.2 Å². The number of hydrogen-bond donors (Lipinski definition) is 2. The summed E-state index contributed by atoms with van der Waals surface area (Å²) in [7, 11) is -0.0783. The number of benzene rings is 4. The predicted molar refractivity (Wildman–Crippen MR) is 232 cm³/mol. The van der Waals surface area contributed by atoms with Gasteiger partial charge in [-0.3, -0.25) is 14.7 Å². The molecule has 316 valence electrons. The monoisotopic (exact) mass is 844 g/mol. The van der Waals surface area contributed by atoms with Crippen molar-refractivity contribution in [3.63, 3.8) is 0 Å². The molecular formula is C46H50FN8O5P. The van der Waals surface area contributed by atoms with E-state index in [4.69, 9.17) is 18.5 Å². The largest absolute Gasteiger partial charge is 0.497 e. The molecule has 6 aromatic rings. The molecule has 0 saturated carbocycles. The minimum atomic E-state index is -1.70. The van der Waals surface area contributed by atoms with Crippen molar-refractivity contribution in [2.45, 2.75) is 76.3 Å². The van der Waals surface area contributed by atoms with Gasteiger partial charge in [0.15, 0.2) is 29.4 Å². The van der Waals surface area contributed by atoms with Gasteiger partial charge in [-0.2, -0.15) is 5.26 Å². The quantitative estimate of drug-likeness (QED) is 0.0487. The molecule has 61 heavy (non-hydrogen) atoms. The topological polar surface area (TPSA) is 149 Å². The molecule has 2 aromatic heterocycles. The third kappa shape index (κ3) is 9.33. The molecule has 5 atom stereocenters. The standard InChI is InChI=1S/C46H50FN8O5P/c1-31(2)55(32(3)4)61(58-27-15-26-48)59-28-38-40(53-46(34-18-11-7-12-19-34,35-20-13-8-14-21-35)36-22-24-37(57-5)25-23-36)39(47)45(60-38)54-30-51-41-42(49-29-50-43(41)54)52-44(56)33-16-9-6-10-17-33/h6-14,16-25,29-32,38-40,45,53H,15,27-28H2,1-5H3,(H,49,50,52,56)/t38-,39-,40-,45-,61?/m1/s1. The maximum Gasteiger partial charge on any atom is 0.259 e. The minimum Gasteiger partial charge on any atom is -0.497 e. The summed E-state index contributed by atoms with van der Waals surface area (Å²) in [6.07, 6.45) is -0.889. The van der Waals surface area contributed by atoms with Crippen molar-refractivity contribution in [1.29, 1.82) is 5.26 Å². The first-order valence-corrected chi connectivity index (χ1v) is 21.4. The van der Waals surface area contributed by atoms with Crippen LogP contribution in [-0.2, 0) is 19.3 Å². The average molecular weight is 845 g/mol. The Morgan fingerprint density at radius 1 is 0.885 bits per heavy atom. The lowest BCUT2D eigenvalue weighted by Gasteiger charge is -2.41. The fraction of sp³-hybridized carbons (Fsp3) is 0.326. The average Bonchev–Trinajstić information content (AvgIpc) is 3.85. The number of alkyl halides is 1. The summed E-state index contributed by atoms with van der Waals surface area (Å²) < 4.78 is 46.9. The number of nitriles is 1. The predicted octanol–water partition coefficient (Wildman–Crippen LogP) is 8.57. The number of imidazole rings is 1. The van der Waals surface area contributed by atoms with E-state index in [-0.39, 0.29) is 54.6 Å². The number of amides is 1. The molecule has 1 aliphatic heterocycles. The van der Waals surface area contributed by atoms with Crippen LogP contribution in [0.15, 0.2) is 128 Å². The van der Waals surface area contributed by atoms with Crippen LogP contribution in [0.4, 0.5) is 10.2 Å². The Morgan fingerprint density at radius 2 is 1.49 bits per heavy atom. The lowest BCUT2D eigenvalue weighted by atomic mass is 9.76. The number of rotatable bonds is 18. The molecule has 0 spiro atoms. The second-order valence-corrected chi connectivity index (χ2v) is 16.6. The van der Waals surface area contributed by atoms with E-state index in [1.807, 2.05) is 91.0 Å². The van der Waals surface area contributed by atoms with Gasteiger partial charge >= 0.3 is 0 Å². The number of halogens is 1. The molecule has 15 heteroatoms. The number of carbonyl (C=O) groups is 1. The molecule has 1 amide bonds. The number of methoxy groups -OCH3 is 1. The molecule has 4 aromatic carbocycles. The van der Waals surface area contributed by atoms with E-state index in [2.05, 4.69) is 64.0 Å². The third-order valence-electron chi connectivity index (χ3n) is 10.6. The molecule has 1 fully saturated rings. The molecule has 0 aliphatic carbocycles. The Hall–Kier alpha value is -5.65. The SMILES string of the molecule is COc1ccc(C(N[C@H]2[C@@H](F)[C@H](n3cnc4c(NC(=O)c5ccccc5)ncnc43)O[C@@H]2COP(OCCC#N)N(C(C)C)C(C)C)(c2ccccc2)c2ccccc2)cc1. The number of hydrogen-bond acceptors (Lipinski definition) is 11. The molecule has 1 unspecified atom stereocenters. The molecule has 1 saturated heterocycles. The number of carbonyl (C=O) groups excluding carboxylic acids is 1. The van der Waals surface area contributed by atoms with Gasteiger partial charge in [-0.25, -0.2) is 24.0 Å². The van der Waals surface area contributed by atoms with Crippen LogP contribution < -0.4 is 15.4 Å². The van der Waals surface area contributed by atoms with Crippen LogP contribution in [0.2, 0.25) is 0 Å². The summed E-state index contributed by atoms with van der Waals surface area (Å²) in [6, 6.07) is 37.5. The van der Waals surface area contributed by atoms with Crippen molar-refractivity contribution in [2.75, 3.05) is 25.6 Å². The van der Waals surface area contributed by atoms with Crippen LogP contribution >= 0.6 is 8.53 Å². The fourth-order valence-corrected chi connectivity index (χ4v) is 9.44. The van der Waals surface area contributed by atoms with Gasteiger partial charge < -0.3 is 23.8 Å². The Kier molecular flexibility index (Phi) is 14.1. The molecule has 2 N–H and O–H groups in total. The first kappa shape index (κ1) is 43.4. The van der Waals surface area contributed by atoms with Crippen molar-refractivity contribution in [3.8, 4) is 11.8 Å². The van der Waals surface area contributed by atoms with Crippen LogP contribution in [0.5, 0.6) is 5.75 Å². The van der Waals surface area contributed by atoms with Gasteiger partial charge in [-0.15, -0.1) is 0 Å². The van der Waals surface area contributed by atoms with Gasteiger partial charge in [0, 0.05) is 17.6 Å². The minimum absolute atomic E-state index is 0.0424. The summed E-state index contributed by atoms with van der Waals surface area (Å²) in [5.74, 6) is 0.476. The van der Waals surface area contributed by atoms with E-state index < -0.39 is 38.6 Å². The lowest BCUT2D eigenvalue weighted by molar-refractivity contribution is -0.0353. The molecule has 7 rings (SSSR count). The van der Waals surface area contributed by atoms with Gasteiger partial charge in [-0.05, 0) is 68.7 Å². The first-order valence-electron chi connectivity index (χ1n) is 20.2. The highest BCUT2D eigenvalue weighted by Gasteiger charge is 2.51. The van der Waals surface area contributed by atoms with Gasteiger partial charge in [0.2, 0.25) is 0 Å². The summed E-state index contributed by atoms with van der Waals surface area (Å²) in [5.41, 5.74) is 2.45. The maximum absolute atomic E-state index is 18.0. The van der Waals surface area contributed by atoms with E-state index >= 15 is 4.39 Å². The highest BCUT2D eigenvalue weighted by atomic mass is 31.2. The van der Waals surface area contributed by atoms with Crippen molar-refractivity contribution in [1.82, 2.24) is 29.5 Å². The van der Waals surface area contributed by atoms with Gasteiger partial charge in [0.05, 0.1) is 50.7 Å². The van der Waals surface area contributed by atoms with Gasteiger partial charge in [0.25, 0.3) is 14.4 Å². The second-order valence-electron chi connectivity index (χ2n) is 15.1. The summed E-state index contributed by atoms with van der Waals surface area (Å²) in [5, 5.41) is 16.0. The normalized spacial score (nSPS) is 18.4. The Labute approximate surface area is 356 Å². The van der Waals surface area contributed by atoms with E-state index in [1.165, 1.54) is 17.2 Å². The van der Waals surface area contributed by atoms with E-state index in [1.54, 1.807) is 31.4 Å². The number of fused-ring (bicyclic) bond motifs is 1. The summed E-state index contributed by atoms with van der Waals surface area (Å²) in [6.45, 7) is 8.34. The Balaban J connectivity index is 1.32. The van der Waals surface area contributed by atoms with Crippen LogP contribution in [0.1, 0.15) is 67.4 Å². The third-order valence-corrected chi connectivity index (χ3v) is 12.6. The molecule has 1 aliphatic rings. The van der Waals surface area contributed by atoms with Crippen molar-refractivity contribution in [2.24, 2.45) is 0 Å². The second kappa shape index (κ2) is 19.8. The highest BCUT2D eigenvalue weighted by molar-refractivity contribution is 7.44. The number of aromatic nitrogens is 4. The smallest absolute Gasteiger partial charge is 0.259 e. The van der Waals surface area contributed by atoms with E-state index in [0.717, 1.165) is 16.7 Å². The number of anilines is 1. The van der Waals surface area contributed by atoms with Gasteiger partial charge in [-0.1, -0.05) is 91.0 Å². The van der Waals surface area contributed by atoms with E-state index in [9.17, 15) is 10.1 Å². The fourth-order valence-electron chi connectivity index (χ4n) is 7.82. The first-order chi connectivity index (χ1) is 29.7. The molecular weight excluding hydrogens is 795 g/mol. The van der Waals surface area contributed by atoms with Crippen LogP contribution in [0.25, 0.3) is 11.2 Å². The van der Waals surface area contributed by atoms with E-state index in [0.29, 0.717) is 11.3 Å². The molecule has 0 radical (unpaired) electrons. The molecule has 0 bridgehead atoms. The number of nitrogens with one attached hydrogen (secondary N) is 2. The number of nitrogens with zero attached hydrogens (tertiary/aromatic N) is 6. The van der Waals surface area contributed by atoms with Crippen LogP contribution in [-0.4, -0.2) is 80.8 Å². The van der Waals surface area contributed by atoms with Crippen molar-refractivity contribution in [3.05, 3.63) is 150 Å². The Morgan fingerprint density at radius 3 is 2.08 bits per heavy atom. The lowest BCUT2D eigenvalue weighted by Crippen LogP contribution is -2.56. The van der Waals surface area contributed by atoms with Crippen molar-refractivity contribution >= 4 is 31.4 Å².